The first kappa shape index (κ1) is 16.3. The quantitative estimate of drug-likeness (QED) is 0.820. The average Bonchev–Trinajstić information content (AvgIpc) is 2.98. The minimum atomic E-state index is -4.63. The highest BCUT2D eigenvalue weighted by Gasteiger charge is 2.38. The van der Waals surface area contributed by atoms with Crippen LogP contribution in [0.2, 0.25) is 0 Å². The van der Waals surface area contributed by atoms with Crippen molar-refractivity contribution in [2.45, 2.75) is 13.1 Å². The van der Waals surface area contributed by atoms with Crippen LogP contribution >= 0.6 is 0 Å². The first-order chi connectivity index (χ1) is 11.4. The molecule has 0 spiro atoms. The van der Waals surface area contributed by atoms with Crippen LogP contribution in [0, 0.1) is 0 Å². The number of carbonyl (C=O) groups excluding carboxylic acids is 1. The second-order valence-corrected chi connectivity index (χ2v) is 5.16. The fraction of sp³-hybridized carbons (Fsp3) is 0.538. The number of ether oxygens (including phenoxy) is 1. The van der Waals surface area contributed by atoms with Crippen LogP contribution in [0.1, 0.15) is 12.7 Å². The Labute approximate surface area is 134 Å². The van der Waals surface area contributed by atoms with Crippen LogP contribution in [0.15, 0.2) is 12.1 Å². The number of fused-ring (bicyclic) bond motifs is 1. The number of hydrogen-bond donors (Lipinski definition) is 0. The lowest BCUT2D eigenvalue weighted by atomic mass is 10.3. The molecule has 1 aliphatic rings. The zero-order chi connectivity index (χ0) is 17.3. The Morgan fingerprint density at radius 1 is 1.21 bits per heavy atom. The molecule has 2 aromatic heterocycles. The maximum atomic E-state index is 12.9. The van der Waals surface area contributed by atoms with E-state index in [0.29, 0.717) is 43.1 Å². The number of nitrogens with zero attached hydrogens (tertiary/aromatic N) is 6. The molecule has 1 aliphatic heterocycles. The largest absolute Gasteiger partial charge is 0.453 e. The Kier molecular flexibility index (Phi) is 4.16. The van der Waals surface area contributed by atoms with Gasteiger partial charge in [-0.2, -0.15) is 17.7 Å². The second kappa shape index (κ2) is 6.13. The highest BCUT2D eigenvalue weighted by Crippen LogP contribution is 2.28. The van der Waals surface area contributed by atoms with Gasteiger partial charge >= 0.3 is 12.3 Å². The lowest BCUT2D eigenvalue weighted by molar-refractivity contribution is -0.146. The molecule has 11 heteroatoms. The van der Waals surface area contributed by atoms with E-state index < -0.39 is 18.1 Å². The minimum absolute atomic E-state index is 0.0243. The van der Waals surface area contributed by atoms with E-state index >= 15 is 0 Å². The average molecular weight is 344 g/mol. The topological polar surface area (TPSA) is 75.9 Å². The Morgan fingerprint density at radius 3 is 2.54 bits per heavy atom. The summed E-state index contributed by atoms with van der Waals surface area (Å²) >= 11 is 0. The number of rotatable bonds is 2. The fourth-order valence-corrected chi connectivity index (χ4v) is 2.46. The van der Waals surface area contributed by atoms with Crippen molar-refractivity contribution in [1.82, 2.24) is 24.7 Å². The molecule has 1 fully saturated rings. The first-order valence-corrected chi connectivity index (χ1v) is 7.36. The molecule has 0 saturated carbocycles. The lowest BCUT2D eigenvalue weighted by Crippen LogP contribution is -2.49. The third-order valence-electron chi connectivity index (χ3n) is 3.63. The van der Waals surface area contributed by atoms with E-state index in [1.807, 2.05) is 0 Å². The predicted octanol–water partition coefficient (Wildman–Crippen LogP) is 1.42. The van der Waals surface area contributed by atoms with Crippen molar-refractivity contribution >= 4 is 17.6 Å². The molecule has 0 aliphatic carbocycles. The number of piperazine rings is 1. The summed E-state index contributed by atoms with van der Waals surface area (Å²) in [6.07, 6.45) is -5.02. The number of alkyl halides is 3. The van der Waals surface area contributed by atoms with Crippen LogP contribution in [0.5, 0.6) is 0 Å². The van der Waals surface area contributed by atoms with Gasteiger partial charge in [0.05, 0.1) is 6.61 Å². The lowest BCUT2D eigenvalue weighted by Gasteiger charge is -2.34. The Balaban J connectivity index is 1.78. The first-order valence-electron chi connectivity index (χ1n) is 7.36. The molecule has 0 radical (unpaired) electrons. The van der Waals surface area contributed by atoms with Gasteiger partial charge in [0.2, 0.25) is 0 Å². The number of aromatic nitrogens is 4. The van der Waals surface area contributed by atoms with E-state index in [1.165, 1.54) is 6.07 Å². The Hall–Kier alpha value is -2.59. The molecule has 130 valence electrons. The normalized spacial score (nSPS) is 15.8. The Bertz CT molecular complexity index is 739. The summed E-state index contributed by atoms with van der Waals surface area (Å²) < 4.78 is 44.3. The van der Waals surface area contributed by atoms with Crippen LogP contribution in [-0.2, 0) is 10.9 Å². The monoisotopic (exact) mass is 344 g/mol. The van der Waals surface area contributed by atoms with Gasteiger partial charge in [-0.1, -0.05) is 0 Å². The molecule has 3 rings (SSSR count). The summed E-state index contributed by atoms with van der Waals surface area (Å²) in [4.78, 5) is 15.0. The molecule has 0 unspecified atom stereocenters. The van der Waals surface area contributed by atoms with E-state index in [-0.39, 0.29) is 5.65 Å². The molecule has 8 nitrogen and oxygen atoms in total. The van der Waals surface area contributed by atoms with Gasteiger partial charge in [-0.25, -0.2) is 4.79 Å². The molecule has 0 N–H and O–H groups in total. The van der Waals surface area contributed by atoms with E-state index in [1.54, 1.807) is 22.8 Å². The standard InChI is InChI=1S/C13H15F3N6O2/c1-2-24-12(23)21-7-5-20(6-8-21)10-4-3-9-17-18-11(13(14,15)16)22(9)19-10/h3-4H,2,5-8H2,1H3. The third kappa shape index (κ3) is 3.05. The van der Waals surface area contributed by atoms with Crippen molar-refractivity contribution in [1.29, 1.82) is 0 Å². The SMILES string of the molecule is CCOC(=O)N1CCN(c2ccc3nnc(C(F)(F)F)n3n2)CC1. The van der Waals surface area contributed by atoms with E-state index in [0.717, 1.165) is 0 Å². The van der Waals surface area contributed by atoms with Gasteiger partial charge < -0.3 is 14.5 Å². The molecular formula is C13H15F3N6O2. The second-order valence-electron chi connectivity index (χ2n) is 5.16. The number of hydrogen-bond acceptors (Lipinski definition) is 6. The minimum Gasteiger partial charge on any atom is -0.450 e. The van der Waals surface area contributed by atoms with Gasteiger partial charge in [0.1, 0.15) is 5.82 Å². The van der Waals surface area contributed by atoms with Crippen molar-refractivity contribution in [2.24, 2.45) is 0 Å². The number of halogens is 3. The number of amides is 1. The summed E-state index contributed by atoms with van der Waals surface area (Å²) in [7, 11) is 0. The molecule has 3 heterocycles. The van der Waals surface area contributed by atoms with Gasteiger partial charge in [-0.05, 0) is 19.1 Å². The summed E-state index contributed by atoms with van der Waals surface area (Å²) in [6, 6.07) is 3.02. The van der Waals surface area contributed by atoms with Crippen LogP contribution in [0.4, 0.5) is 23.8 Å². The van der Waals surface area contributed by atoms with E-state index in [2.05, 4.69) is 15.3 Å². The fourth-order valence-electron chi connectivity index (χ4n) is 2.46. The summed E-state index contributed by atoms with van der Waals surface area (Å²) in [5, 5.41) is 10.6. The summed E-state index contributed by atoms with van der Waals surface area (Å²) in [5.74, 6) is -0.791. The van der Waals surface area contributed by atoms with Gasteiger partial charge in [-0.3, -0.25) is 0 Å². The maximum absolute atomic E-state index is 12.9. The summed E-state index contributed by atoms with van der Waals surface area (Å²) in [6.45, 7) is 3.73. The zero-order valence-corrected chi connectivity index (χ0v) is 12.8. The summed E-state index contributed by atoms with van der Waals surface area (Å²) in [5.41, 5.74) is 0.0243. The molecule has 0 bridgehead atoms. The molecule has 1 amide bonds. The molecule has 0 atom stereocenters. The van der Waals surface area contributed by atoms with Crippen LogP contribution < -0.4 is 4.90 Å². The highest BCUT2D eigenvalue weighted by molar-refractivity contribution is 5.68. The maximum Gasteiger partial charge on any atom is 0.453 e. The zero-order valence-electron chi connectivity index (χ0n) is 12.8. The number of anilines is 1. The van der Waals surface area contributed by atoms with Crippen molar-refractivity contribution < 1.29 is 22.7 Å². The van der Waals surface area contributed by atoms with Crippen molar-refractivity contribution in [2.75, 3.05) is 37.7 Å². The van der Waals surface area contributed by atoms with Crippen LogP contribution in [0.25, 0.3) is 5.65 Å². The third-order valence-corrected chi connectivity index (χ3v) is 3.63. The van der Waals surface area contributed by atoms with Crippen molar-refractivity contribution in [3.63, 3.8) is 0 Å². The highest BCUT2D eigenvalue weighted by atomic mass is 19.4. The molecule has 1 saturated heterocycles. The van der Waals surface area contributed by atoms with E-state index in [4.69, 9.17) is 4.74 Å². The predicted molar refractivity (Wildman–Crippen MR) is 76.6 cm³/mol. The molecule has 0 aromatic carbocycles. The molecule has 2 aromatic rings. The van der Waals surface area contributed by atoms with Crippen LogP contribution in [0.3, 0.4) is 0 Å². The molecule has 24 heavy (non-hydrogen) atoms. The van der Waals surface area contributed by atoms with Gasteiger partial charge in [0.15, 0.2) is 5.65 Å². The van der Waals surface area contributed by atoms with E-state index in [9.17, 15) is 18.0 Å². The van der Waals surface area contributed by atoms with Crippen molar-refractivity contribution in [3.8, 4) is 0 Å². The Morgan fingerprint density at radius 2 is 1.92 bits per heavy atom. The van der Waals surface area contributed by atoms with Crippen LogP contribution in [-0.4, -0.2) is 63.6 Å². The van der Waals surface area contributed by atoms with Gasteiger partial charge in [0.25, 0.3) is 5.82 Å². The molecular weight excluding hydrogens is 329 g/mol. The van der Waals surface area contributed by atoms with Gasteiger partial charge in [-0.15, -0.1) is 15.3 Å². The number of carbonyl (C=O) groups is 1. The van der Waals surface area contributed by atoms with Gasteiger partial charge in [0, 0.05) is 26.2 Å². The van der Waals surface area contributed by atoms with Crippen molar-refractivity contribution in [3.05, 3.63) is 18.0 Å². The smallest absolute Gasteiger partial charge is 0.450 e.